The van der Waals surface area contributed by atoms with Crippen LogP contribution >= 0.6 is 0 Å². The molecule has 11 heteroatoms. The van der Waals surface area contributed by atoms with Crippen molar-refractivity contribution in [2.75, 3.05) is 13.1 Å². The third-order valence-electron chi connectivity index (χ3n) is 5.39. The van der Waals surface area contributed by atoms with E-state index in [2.05, 4.69) is 0 Å². The Kier molecular flexibility index (Phi) is 8.11. The van der Waals surface area contributed by atoms with Crippen LogP contribution in [0.1, 0.15) is 30.9 Å². The molecule has 1 aliphatic rings. The molecule has 1 saturated heterocycles. The maximum atomic E-state index is 13.0. The molecule has 180 valence electrons. The highest BCUT2D eigenvalue weighted by Gasteiger charge is 2.43. The minimum Gasteiger partial charge on any atom is -0.490 e. The van der Waals surface area contributed by atoms with Gasteiger partial charge in [-0.1, -0.05) is 30.3 Å². The fourth-order valence-electron chi connectivity index (χ4n) is 3.44. The van der Waals surface area contributed by atoms with Crippen LogP contribution in [-0.4, -0.2) is 44.3 Å². The van der Waals surface area contributed by atoms with E-state index in [-0.39, 0.29) is 12.5 Å². The molecular formula is C22H25F3N2O5S. The van der Waals surface area contributed by atoms with Gasteiger partial charge in [0.1, 0.15) is 11.9 Å². The molecule has 1 fully saturated rings. The summed E-state index contributed by atoms with van der Waals surface area (Å²) in [6, 6.07) is 13.5. The maximum Gasteiger partial charge on any atom is 0.416 e. The third kappa shape index (κ3) is 6.53. The van der Waals surface area contributed by atoms with Crippen LogP contribution in [0.15, 0.2) is 54.6 Å². The first kappa shape index (κ1) is 25.2. The van der Waals surface area contributed by atoms with Crippen LogP contribution in [0.3, 0.4) is 0 Å². The molecule has 3 rings (SSSR count). The summed E-state index contributed by atoms with van der Waals surface area (Å²) in [5, 5.41) is 10.6. The van der Waals surface area contributed by atoms with E-state index in [1.54, 1.807) is 29.7 Å². The Hall–Kier alpha value is -2.47. The van der Waals surface area contributed by atoms with Crippen LogP contribution in [0.5, 0.6) is 5.75 Å². The summed E-state index contributed by atoms with van der Waals surface area (Å²) in [6.45, 7) is 2.14. The van der Waals surface area contributed by atoms with Crippen molar-refractivity contribution in [3.05, 3.63) is 65.7 Å². The normalized spacial score (nSPS) is 18.3. The Bertz CT molecular complexity index is 951. The first-order chi connectivity index (χ1) is 15.6. The van der Waals surface area contributed by atoms with E-state index in [1.807, 2.05) is 6.07 Å². The number of hydroxylamine groups is 3. The van der Waals surface area contributed by atoms with Crippen molar-refractivity contribution in [1.29, 1.82) is 0 Å². The highest BCUT2D eigenvalue weighted by molar-refractivity contribution is 7.82. The summed E-state index contributed by atoms with van der Waals surface area (Å²) in [5.41, 5.74) is 1.58. The van der Waals surface area contributed by atoms with Crippen LogP contribution in [0.25, 0.3) is 0 Å². The number of piperidine rings is 1. The average molecular weight is 487 g/mol. The standard InChI is InChI=1S/C22H25F3N2O5S/c1-21(20(28)26-29,15-16-5-3-2-4-6-16)33(30)32-27-13-11-19(12-14-27)31-18-9-7-17(8-10-18)22(23,24)25/h2-10,19,29H,11-15H2,1H3,(H,26,28). The van der Waals surface area contributed by atoms with Gasteiger partial charge in [-0.2, -0.15) is 22.5 Å². The quantitative estimate of drug-likeness (QED) is 0.438. The predicted octanol–water partition coefficient (Wildman–Crippen LogP) is 3.65. The van der Waals surface area contributed by atoms with Gasteiger partial charge >= 0.3 is 6.18 Å². The van der Waals surface area contributed by atoms with Crippen molar-refractivity contribution < 1.29 is 36.4 Å². The molecule has 2 N–H and O–H groups in total. The molecule has 2 aromatic carbocycles. The summed E-state index contributed by atoms with van der Waals surface area (Å²) >= 11 is -2.11. The fourth-order valence-corrected chi connectivity index (χ4v) is 4.42. The number of alkyl halides is 3. The predicted molar refractivity (Wildman–Crippen MR) is 114 cm³/mol. The SMILES string of the molecule is CC(Cc1ccccc1)(C(=O)NO)S(=O)ON1CCC(Oc2ccc(C(F)(F)F)cc2)CC1. The number of rotatable bonds is 8. The van der Waals surface area contributed by atoms with Crippen molar-refractivity contribution in [2.24, 2.45) is 0 Å². The molecule has 0 aliphatic carbocycles. The molecular weight excluding hydrogens is 461 g/mol. The van der Waals surface area contributed by atoms with Gasteiger partial charge in [-0.15, -0.1) is 0 Å². The Morgan fingerprint density at radius 3 is 2.27 bits per heavy atom. The zero-order chi connectivity index (χ0) is 24.1. The second-order valence-corrected chi connectivity index (χ2v) is 9.43. The highest BCUT2D eigenvalue weighted by Crippen LogP contribution is 2.31. The van der Waals surface area contributed by atoms with E-state index in [4.69, 9.17) is 14.2 Å². The lowest BCUT2D eigenvalue weighted by Crippen LogP contribution is -2.51. The molecule has 0 aromatic heterocycles. The summed E-state index contributed by atoms with van der Waals surface area (Å²) in [7, 11) is 0. The zero-order valence-electron chi connectivity index (χ0n) is 17.9. The number of halogens is 3. The van der Waals surface area contributed by atoms with Gasteiger partial charge in [-0.05, 0) is 49.6 Å². The molecule has 0 radical (unpaired) electrons. The van der Waals surface area contributed by atoms with Crippen molar-refractivity contribution in [3.8, 4) is 5.75 Å². The molecule has 0 bridgehead atoms. The van der Waals surface area contributed by atoms with E-state index in [0.29, 0.717) is 31.7 Å². The van der Waals surface area contributed by atoms with Gasteiger partial charge in [-0.3, -0.25) is 10.0 Å². The summed E-state index contributed by atoms with van der Waals surface area (Å²) in [5.74, 6) is -0.494. The Labute approximate surface area is 192 Å². The minimum atomic E-state index is -4.40. The molecule has 1 heterocycles. The number of benzene rings is 2. The van der Waals surface area contributed by atoms with Crippen LogP contribution in [0, 0.1) is 0 Å². The summed E-state index contributed by atoms with van der Waals surface area (Å²) < 4.78 is 60.8. The van der Waals surface area contributed by atoms with Crippen molar-refractivity contribution in [3.63, 3.8) is 0 Å². The van der Waals surface area contributed by atoms with Crippen molar-refractivity contribution >= 4 is 17.0 Å². The monoisotopic (exact) mass is 486 g/mol. The van der Waals surface area contributed by atoms with Crippen LogP contribution in [0.4, 0.5) is 13.2 Å². The molecule has 33 heavy (non-hydrogen) atoms. The number of nitrogens with zero attached hydrogens (tertiary/aromatic N) is 1. The van der Waals surface area contributed by atoms with Gasteiger partial charge in [0.2, 0.25) is 0 Å². The smallest absolute Gasteiger partial charge is 0.416 e. The van der Waals surface area contributed by atoms with Crippen molar-refractivity contribution in [1.82, 2.24) is 10.5 Å². The highest BCUT2D eigenvalue weighted by atomic mass is 32.2. The van der Waals surface area contributed by atoms with Crippen LogP contribution < -0.4 is 10.2 Å². The third-order valence-corrected chi connectivity index (χ3v) is 6.80. The van der Waals surface area contributed by atoms with E-state index in [0.717, 1.165) is 17.7 Å². The van der Waals surface area contributed by atoms with Crippen LogP contribution in [0.2, 0.25) is 0 Å². The Balaban J connectivity index is 1.55. The van der Waals surface area contributed by atoms with E-state index in [9.17, 15) is 22.2 Å². The van der Waals surface area contributed by atoms with Crippen LogP contribution in [-0.2, 0) is 32.8 Å². The first-order valence-corrected chi connectivity index (χ1v) is 11.4. The largest absolute Gasteiger partial charge is 0.490 e. The Morgan fingerprint density at radius 2 is 1.73 bits per heavy atom. The van der Waals surface area contributed by atoms with Gasteiger partial charge in [-0.25, -0.2) is 9.69 Å². The molecule has 2 unspecified atom stereocenters. The molecule has 1 aliphatic heterocycles. The number of amides is 1. The topological polar surface area (TPSA) is 88.1 Å². The first-order valence-electron chi connectivity index (χ1n) is 10.3. The minimum absolute atomic E-state index is 0.0837. The van der Waals surface area contributed by atoms with Gasteiger partial charge in [0.25, 0.3) is 5.91 Å². The van der Waals surface area contributed by atoms with Gasteiger partial charge in [0.05, 0.1) is 5.56 Å². The Morgan fingerprint density at radius 1 is 1.12 bits per heavy atom. The lowest BCUT2D eigenvalue weighted by molar-refractivity contribution is -0.137. The summed E-state index contributed by atoms with van der Waals surface area (Å²) in [4.78, 5) is 12.3. The van der Waals surface area contributed by atoms with Gasteiger partial charge in [0, 0.05) is 19.5 Å². The lowest BCUT2D eigenvalue weighted by atomic mass is 10.00. The fraction of sp³-hybridized carbons (Fsp3) is 0.409. The summed E-state index contributed by atoms with van der Waals surface area (Å²) in [6.07, 6.45) is -3.59. The number of ether oxygens (including phenoxy) is 1. The molecule has 1 amide bonds. The molecule has 7 nitrogen and oxygen atoms in total. The molecule has 0 spiro atoms. The van der Waals surface area contributed by atoms with Crippen molar-refractivity contribution in [2.45, 2.75) is 43.2 Å². The number of hydrogen-bond acceptors (Lipinski definition) is 6. The maximum absolute atomic E-state index is 13.0. The number of nitrogens with one attached hydrogen (secondary N) is 1. The molecule has 0 saturated carbocycles. The average Bonchev–Trinajstić information content (AvgIpc) is 2.80. The van der Waals surface area contributed by atoms with E-state index >= 15 is 0 Å². The number of hydrogen-bond donors (Lipinski definition) is 2. The van der Waals surface area contributed by atoms with Gasteiger partial charge in [0.15, 0.2) is 15.8 Å². The number of carbonyl (C=O) groups is 1. The molecule has 2 atom stereocenters. The second kappa shape index (κ2) is 10.6. The van der Waals surface area contributed by atoms with E-state index in [1.165, 1.54) is 24.1 Å². The number of carbonyl (C=O) groups excluding carboxylic acids is 1. The second-order valence-electron chi connectivity index (χ2n) is 7.91. The zero-order valence-corrected chi connectivity index (χ0v) is 18.7. The van der Waals surface area contributed by atoms with E-state index < -0.39 is 33.5 Å². The lowest BCUT2D eigenvalue weighted by Gasteiger charge is -2.33. The van der Waals surface area contributed by atoms with Gasteiger partial charge < -0.3 is 4.74 Å². The molecule has 2 aromatic rings.